The van der Waals surface area contributed by atoms with E-state index in [2.05, 4.69) is 33.0 Å². The van der Waals surface area contributed by atoms with Crippen LogP contribution in [0.1, 0.15) is 59.1 Å². The molecule has 112 valence electrons. The minimum atomic E-state index is -0.585. The molecule has 0 radical (unpaired) electrons. The van der Waals surface area contributed by atoms with Gasteiger partial charge >= 0.3 is 0 Å². The van der Waals surface area contributed by atoms with E-state index in [0.717, 1.165) is 12.0 Å². The number of benzene rings is 1. The van der Waals surface area contributed by atoms with Gasteiger partial charge in [0.15, 0.2) is 0 Å². The fourth-order valence-electron chi connectivity index (χ4n) is 2.61. The van der Waals surface area contributed by atoms with Crippen molar-refractivity contribution in [1.82, 2.24) is 0 Å². The van der Waals surface area contributed by atoms with Gasteiger partial charge in [-0.05, 0) is 30.7 Å². The molecule has 2 unspecified atom stereocenters. The molecule has 0 aliphatic heterocycles. The number of carbonyl (C=O) groups is 1. The van der Waals surface area contributed by atoms with Crippen molar-refractivity contribution in [1.29, 1.82) is 0 Å². The molecule has 0 bridgehead atoms. The number of para-hydroxylation sites is 1. The molecule has 0 fully saturated rings. The van der Waals surface area contributed by atoms with Gasteiger partial charge in [-0.2, -0.15) is 0 Å². The Morgan fingerprint density at radius 1 is 1.25 bits per heavy atom. The van der Waals surface area contributed by atoms with Crippen LogP contribution in [0.25, 0.3) is 0 Å². The number of carbonyl (C=O) groups excluding carboxylic acids is 1. The molecule has 1 aromatic rings. The molecular weight excluding hydrogens is 250 g/mol. The van der Waals surface area contributed by atoms with Gasteiger partial charge in [0.05, 0.1) is 6.10 Å². The van der Waals surface area contributed by atoms with Crippen molar-refractivity contribution < 1.29 is 9.90 Å². The fourth-order valence-corrected chi connectivity index (χ4v) is 2.61. The quantitative estimate of drug-likeness (QED) is 0.849. The zero-order valence-corrected chi connectivity index (χ0v) is 13.2. The van der Waals surface area contributed by atoms with Crippen LogP contribution in [-0.2, 0) is 4.79 Å². The topological polar surface area (TPSA) is 49.3 Å². The SMILES string of the molecule is CC(CC(=O)Nc1ccccc1C(C)O)CC(C)(C)C. The highest BCUT2D eigenvalue weighted by atomic mass is 16.3. The van der Waals surface area contributed by atoms with Gasteiger partial charge in [0.1, 0.15) is 0 Å². The summed E-state index contributed by atoms with van der Waals surface area (Å²) in [4.78, 5) is 12.1. The van der Waals surface area contributed by atoms with Crippen molar-refractivity contribution >= 4 is 11.6 Å². The number of hydrogen-bond donors (Lipinski definition) is 2. The molecule has 20 heavy (non-hydrogen) atoms. The predicted molar refractivity (Wildman–Crippen MR) is 83.6 cm³/mol. The maximum absolute atomic E-state index is 12.1. The fraction of sp³-hybridized carbons (Fsp3) is 0.588. The molecule has 2 atom stereocenters. The van der Waals surface area contributed by atoms with Crippen molar-refractivity contribution in [2.24, 2.45) is 11.3 Å². The number of hydrogen-bond acceptors (Lipinski definition) is 2. The smallest absolute Gasteiger partial charge is 0.224 e. The van der Waals surface area contributed by atoms with Crippen molar-refractivity contribution in [2.75, 3.05) is 5.32 Å². The Hall–Kier alpha value is -1.35. The van der Waals surface area contributed by atoms with E-state index in [-0.39, 0.29) is 11.3 Å². The Balaban J connectivity index is 2.63. The minimum absolute atomic E-state index is 0.00912. The summed E-state index contributed by atoms with van der Waals surface area (Å²) in [5, 5.41) is 12.6. The second-order valence-electron chi connectivity index (χ2n) is 6.89. The lowest BCUT2D eigenvalue weighted by Crippen LogP contribution is -2.19. The summed E-state index contributed by atoms with van der Waals surface area (Å²) < 4.78 is 0. The van der Waals surface area contributed by atoms with Gasteiger partial charge in [0.2, 0.25) is 5.91 Å². The van der Waals surface area contributed by atoms with Crippen LogP contribution < -0.4 is 5.32 Å². The first kappa shape index (κ1) is 16.7. The first-order valence-electron chi connectivity index (χ1n) is 7.26. The Bertz CT molecular complexity index is 447. The monoisotopic (exact) mass is 277 g/mol. The van der Waals surface area contributed by atoms with Crippen molar-refractivity contribution in [3.8, 4) is 0 Å². The van der Waals surface area contributed by atoms with E-state index in [4.69, 9.17) is 0 Å². The van der Waals surface area contributed by atoms with Crippen molar-refractivity contribution in [3.63, 3.8) is 0 Å². The maximum Gasteiger partial charge on any atom is 0.224 e. The summed E-state index contributed by atoms with van der Waals surface area (Å²) in [5.41, 5.74) is 1.69. The third kappa shape index (κ3) is 5.74. The van der Waals surface area contributed by atoms with Crippen LogP contribution in [0.4, 0.5) is 5.69 Å². The molecule has 1 amide bonds. The lowest BCUT2D eigenvalue weighted by atomic mass is 9.84. The third-order valence-electron chi connectivity index (χ3n) is 3.18. The van der Waals surface area contributed by atoms with E-state index >= 15 is 0 Å². The molecular formula is C17H27NO2. The highest BCUT2D eigenvalue weighted by molar-refractivity contribution is 5.91. The summed E-state index contributed by atoms with van der Waals surface area (Å²) in [7, 11) is 0. The standard InChI is InChI=1S/C17H27NO2/c1-12(11-17(3,4)5)10-16(20)18-15-9-7-6-8-14(15)13(2)19/h6-9,12-13,19H,10-11H2,1-5H3,(H,18,20). The molecule has 2 N–H and O–H groups in total. The van der Waals surface area contributed by atoms with Gasteiger partial charge in [-0.3, -0.25) is 4.79 Å². The van der Waals surface area contributed by atoms with Crippen LogP contribution in [0.2, 0.25) is 0 Å². The number of aliphatic hydroxyl groups is 1. The van der Waals surface area contributed by atoms with E-state index < -0.39 is 6.10 Å². The molecule has 0 heterocycles. The van der Waals surface area contributed by atoms with Crippen LogP contribution in [-0.4, -0.2) is 11.0 Å². The van der Waals surface area contributed by atoms with Gasteiger partial charge in [0, 0.05) is 17.7 Å². The zero-order chi connectivity index (χ0) is 15.3. The van der Waals surface area contributed by atoms with E-state index in [0.29, 0.717) is 18.0 Å². The molecule has 0 saturated carbocycles. The summed E-state index contributed by atoms with van der Waals surface area (Å²) >= 11 is 0. The van der Waals surface area contributed by atoms with Gasteiger partial charge < -0.3 is 10.4 Å². The highest BCUT2D eigenvalue weighted by Gasteiger charge is 2.18. The van der Waals surface area contributed by atoms with Crippen molar-refractivity contribution in [2.45, 2.75) is 53.6 Å². The van der Waals surface area contributed by atoms with Crippen LogP contribution in [0, 0.1) is 11.3 Å². The molecule has 0 saturated heterocycles. The first-order valence-corrected chi connectivity index (χ1v) is 7.26. The predicted octanol–water partition coefficient (Wildman–Crippen LogP) is 4.14. The van der Waals surface area contributed by atoms with Crippen LogP contribution in [0.5, 0.6) is 0 Å². The molecule has 3 nitrogen and oxygen atoms in total. The van der Waals surface area contributed by atoms with Crippen LogP contribution >= 0.6 is 0 Å². The van der Waals surface area contributed by atoms with Crippen LogP contribution in [0.3, 0.4) is 0 Å². The van der Waals surface area contributed by atoms with Crippen LogP contribution in [0.15, 0.2) is 24.3 Å². The number of nitrogens with one attached hydrogen (secondary N) is 1. The summed E-state index contributed by atoms with van der Waals surface area (Å²) in [6, 6.07) is 7.38. The Kier molecular flexibility index (Phi) is 5.75. The zero-order valence-electron chi connectivity index (χ0n) is 13.2. The molecule has 3 heteroatoms. The number of anilines is 1. The third-order valence-corrected chi connectivity index (χ3v) is 3.18. The average molecular weight is 277 g/mol. The lowest BCUT2D eigenvalue weighted by Gasteiger charge is -2.23. The molecule has 0 spiro atoms. The summed E-state index contributed by atoms with van der Waals surface area (Å²) in [5.74, 6) is 0.351. The second-order valence-corrected chi connectivity index (χ2v) is 6.89. The highest BCUT2D eigenvalue weighted by Crippen LogP contribution is 2.27. The molecule has 0 aromatic heterocycles. The van der Waals surface area contributed by atoms with Gasteiger partial charge in [-0.15, -0.1) is 0 Å². The molecule has 1 aromatic carbocycles. The Morgan fingerprint density at radius 2 is 1.85 bits per heavy atom. The second kappa shape index (κ2) is 6.89. The van der Waals surface area contributed by atoms with Crippen molar-refractivity contribution in [3.05, 3.63) is 29.8 Å². The number of amides is 1. The Labute approximate surface area is 122 Å². The average Bonchev–Trinajstić information content (AvgIpc) is 2.26. The molecule has 0 aliphatic rings. The maximum atomic E-state index is 12.1. The van der Waals surface area contributed by atoms with Gasteiger partial charge in [0.25, 0.3) is 0 Å². The van der Waals surface area contributed by atoms with Gasteiger partial charge in [-0.1, -0.05) is 45.9 Å². The van der Waals surface area contributed by atoms with E-state index in [1.165, 1.54) is 0 Å². The van der Waals surface area contributed by atoms with E-state index in [1.807, 2.05) is 24.3 Å². The number of aliphatic hydroxyl groups excluding tert-OH is 1. The van der Waals surface area contributed by atoms with Gasteiger partial charge in [-0.25, -0.2) is 0 Å². The largest absolute Gasteiger partial charge is 0.389 e. The summed E-state index contributed by atoms with van der Waals surface area (Å²) in [6.07, 6.45) is 0.933. The Morgan fingerprint density at radius 3 is 2.40 bits per heavy atom. The van der Waals surface area contributed by atoms with E-state index in [1.54, 1.807) is 6.92 Å². The first-order chi connectivity index (χ1) is 9.19. The summed E-state index contributed by atoms with van der Waals surface area (Å²) in [6.45, 7) is 10.4. The molecule has 0 aliphatic carbocycles. The minimum Gasteiger partial charge on any atom is -0.389 e. The normalized spacial score (nSPS) is 14.7. The van der Waals surface area contributed by atoms with E-state index in [9.17, 15) is 9.90 Å². The molecule has 1 rings (SSSR count). The number of rotatable bonds is 5. The lowest BCUT2D eigenvalue weighted by molar-refractivity contribution is -0.117.